The average Bonchev–Trinajstić information content (AvgIpc) is 2.38. The normalized spacial score (nSPS) is 16.2. The third kappa shape index (κ3) is 3.41. The quantitative estimate of drug-likeness (QED) is 0.889. The molecular weight excluding hydrogens is 273 g/mol. The van der Waals surface area contributed by atoms with Crippen LogP contribution in [0.4, 0.5) is 18.9 Å². The van der Waals surface area contributed by atoms with E-state index in [-0.39, 0.29) is 6.42 Å². The molecule has 0 radical (unpaired) electrons. The molecule has 1 aromatic carbocycles. The van der Waals surface area contributed by atoms with Crippen molar-refractivity contribution in [2.75, 3.05) is 31.1 Å². The van der Waals surface area contributed by atoms with E-state index in [0.29, 0.717) is 37.4 Å². The van der Waals surface area contributed by atoms with E-state index in [0.717, 1.165) is 12.1 Å². The van der Waals surface area contributed by atoms with Crippen LogP contribution in [0.5, 0.6) is 0 Å². The Hall–Kier alpha value is -1.76. The van der Waals surface area contributed by atoms with Gasteiger partial charge >= 0.3 is 12.1 Å². The van der Waals surface area contributed by atoms with Crippen LogP contribution in [-0.4, -0.2) is 37.3 Å². The molecule has 1 heterocycles. The summed E-state index contributed by atoms with van der Waals surface area (Å²) in [5.74, 6) is -1.05. The summed E-state index contributed by atoms with van der Waals surface area (Å²) in [5.41, 5.74) is 0.0243. The molecule has 0 spiro atoms. The number of hydrogen-bond acceptors (Lipinski definition) is 3. The third-order valence-electron chi connectivity index (χ3n) is 3.21. The van der Waals surface area contributed by atoms with Crippen LogP contribution in [0.3, 0.4) is 0 Å². The molecule has 0 unspecified atom stereocenters. The minimum Gasteiger partial charge on any atom is -0.481 e. The first kappa shape index (κ1) is 14.6. The lowest BCUT2D eigenvalue weighted by Crippen LogP contribution is -2.44. The lowest BCUT2D eigenvalue weighted by atomic mass is 10.0. The van der Waals surface area contributed by atoms with E-state index in [1.807, 2.05) is 0 Å². The Morgan fingerprint density at radius 3 is 2.50 bits per heavy atom. The van der Waals surface area contributed by atoms with Gasteiger partial charge in [0.15, 0.2) is 0 Å². The van der Waals surface area contributed by atoms with E-state index in [1.54, 1.807) is 4.90 Å². The monoisotopic (exact) mass is 288 g/mol. The Morgan fingerprint density at radius 1 is 1.30 bits per heavy atom. The number of anilines is 1. The molecule has 0 amide bonds. The molecule has 20 heavy (non-hydrogen) atoms. The summed E-state index contributed by atoms with van der Waals surface area (Å²) in [6.07, 6.45) is -4.71. The predicted molar refractivity (Wildman–Crippen MR) is 67.9 cm³/mol. The van der Waals surface area contributed by atoms with Crippen molar-refractivity contribution in [3.05, 3.63) is 29.3 Å². The van der Waals surface area contributed by atoms with E-state index in [1.165, 1.54) is 6.07 Å². The van der Waals surface area contributed by atoms with Crippen molar-refractivity contribution in [3.8, 4) is 0 Å². The molecule has 0 aromatic heterocycles. The largest absolute Gasteiger partial charge is 0.481 e. The molecule has 1 fully saturated rings. The zero-order chi connectivity index (χ0) is 14.8. The number of halogens is 3. The Bertz CT molecular complexity index is 497. The molecular formula is C13H15F3N2O2. The van der Waals surface area contributed by atoms with Gasteiger partial charge in [0.2, 0.25) is 0 Å². The number of nitrogens with zero attached hydrogens (tertiary/aromatic N) is 1. The standard InChI is InChI=1S/C13H15F3N2O2/c14-13(15,16)10-2-1-9(7-12(19)20)11(8-10)18-5-3-17-4-6-18/h1-2,8,17H,3-7H2,(H,19,20). The van der Waals surface area contributed by atoms with Crippen LogP contribution >= 0.6 is 0 Å². The molecule has 1 aliphatic rings. The van der Waals surface area contributed by atoms with Gasteiger partial charge in [-0.2, -0.15) is 13.2 Å². The first-order valence-corrected chi connectivity index (χ1v) is 6.25. The van der Waals surface area contributed by atoms with Gasteiger partial charge in [0.1, 0.15) is 0 Å². The molecule has 0 bridgehead atoms. The molecule has 0 aliphatic carbocycles. The van der Waals surface area contributed by atoms with Crippen molar-refractivity contribution in [1.82, 2.24) is 5.32 Å². The van der Waals surface area contributed by atoms with Crippen LogP contribution in [0.15, 0.2) is 18.2 Å². The molecule has 0 saturated carbocycles. The highest BCUT2D eigenvalue weighted by Gasteiger charge is 2.32. The highest BCUT2D eigenvalue weighted by atomic mass is 19.4. The summed E-state index contributed by atoms with van der Waals surface area (Å²) in [6.45, 7) is 2.47. The second kappa shape index (κ2) is 5.70. The van der Waals surface area contributed by atoms with Crippen molar-refractivity contribution in [3.63, 3.8) is 0 Å². The molecule has 2 rings (SSSR count). The third-order valence-corrected chi connectivity index (χ3v) is 3.21. The predicted octanol–water partition coefficient (Wildman–Crippen LogP) is 1.74. The Labute approximate surface area is 114 Å². The van der Waals surface area contributed by atoms with Crippen LogP contribution in [0.2, 0.25) is 0 Å². The molecule has 7 heteroatoms. The molecule has 110 valence electrons. The first-order chi connectivity index (χ1) is 9.38. The van der Waals surface area contributed by atoms with Gasteiger partial charge in [-0.05, 0) is 17.7 Å². The van der Waals surface area contributed by atoms with E-state index in [4.69, 9.17) is 5.11 Å². The van der Waals surface area contributed by atoms with E-state index < -0.39 is 17.7 Å². The Balaban J connectivity index is 2.38. The lowest BCUT2D eigenvalue weighted by Gasteiger charge is -2.31. The number of benzene rings is 1. The van der Waals surface area contributed by atoms with Gasteiger partial charge in [0, 0.05) is 31.9 Å². The smallest absolute Gasteiger partial charge is 0.416 e. The van der Waals surface area contributed by atoms with Gasteiger partial charge in [0.05, 0.1) is 12.0 Å². The summed E-state index contributed by atoms with van der Waals surface area (Å²) in [4.78, 5) is 12.6. The SMILES string of the molecule is O=C(O)Cc1ccc(C(F)(F)F)cc1N1CCNCC1. The topological polar surface area (TPSA) is 52.6 Å². The molecule has 0 atom stereocenters. The second-order valence-corrected chi connectivity index (χ2v) is 4.65. The molecule has 1 aliphatic heterocycles. The average molecular weight is 288 g/mol. The highest BCUT2D eigenvalue weighted by molar-refractivity contribution is 5.74. The second-order valence-electron chi connectivity index (χ2n) is 4.65. The first-order valence-electron chi connectivity index (χ1n) is 6.25. The summed E-state index contributed by atoms with van der Waals surface area (Å²) >= 11 is 0. The van der Waals surface area contributed by atoms with Crippen LogP contribution in [0.25, 0.3) is 0 Å². The van der Waals surface area contributed by atoms with E-state index in [2.05, 4.69) is 5.32 Å². The van der Waals surface area contributed by atoms with Gasteiger partial charge in [-0.3, -0.25) is 4.79 Å². The number of piperazine rings is 1. The van der Waals surface area contributed by atoms with Gasteiger partial charge in [-0.15, -0.1) is 0 Å². The van der Waals surface area contributed by atoms with Crippen molar-refractivity contribution in [2.24, 2.45) is 0 Å². The molecule has 1 saturated heterocycles. The number of rotatable bonds is 3. The summed E-state index contributed by atoms with van der Waals surface area (Å²) < 4.78 is 38.3. The number of hydrogen-bond donors (Lipinski definition) is 2. The number of aliphatic carboxylic acids is 1. The van der Waals surface area contributed by atoms with Crippen LogP contribution in [-0.2, 0) is 17.4 Å². The number of carboxylic acid groups (broad SMARTS) is 1. The fraction of sp³-hybridized carbons (Fsp3) is 0.462. The van der Waals surface area contributed by atoms with Crippen molar-refractivity contribution < 1.29 is 23.1 Å². The number of alkyl halides is 3. The number of nitrogens with one attached hydrogen (secondary N) is 1. The maximum Gasteiger partial charge on any atom is 0.416 e. The van der Waals surface area contributed by atoms with Crippen LogP contribution in [0, 0.1) is 0 Å². The van der Waals surface area contributed by atoms with Gasteiger partial charge in [-0.25, -0.2) is 0 Å². The zero-order valence-electron chi connectivity index (χ0n) is 10.7. The Morgan fingerprint density at radius 2 is 1.95 bits per heavy atom. The lowest BCUT2D eigenvalue weighted by molar-refractivity contribution is -0.137. The zero-order valence-corrected chi connectivity index (χ0v) is 10.7. The minimum absolute atomic E-state index is 0.280. The number of carbonyl (C=O) groups is 1. The van der Waals surface area contributed by atoms with Crippen LogP contribution in [0.1, 0.15) is 11.1 Å². The maximum absolute atomic E-state index is 12.8. The summed E-state index contributed by atoms with van der Waals surface area (Å²) in [5, 5.41) is 12.0. The van der Waals surface area contributed by atoms with Crippen molar-refractivity contribution >= 4 is 11.7 Å². The van der Waals surface area contributed by atoms with E-state index >= 15 is 0 Å². The minimum atomic E-state index is -4.43. The maximum atomic E-state index is 12.8. The fourth-order valence-electron chi connectivity index (χ4n) is 2.25. The van der Waals surface area contributed by atoms with Gasteiger partial charge in [-0.1, -0.05) is 6.07 Å². The molecule has 1 aromatic rings. The highest BCUT2D eigenvalue weighted by Crippen LogP contribution is 2.33. The van der Waals surface area contributed by atoms with Crippen LogP contribution < -0.4 is 10.2 Å². The van der Waals surface area contributed by atoms with Gasteiger partial charge in [0.25, 0.3) is 0 Å². The van der Waals surface area contributed by atoms with E-state index in [9.17, 15) is 18.0 Å². The summed E-state index contributed by atoms with van der Waals surface area (Å²) in [7, 11) is 0. The molecule has 4 nitrogen and oxygen atoms in total. The number of carboxylic acids is 1. The van der Waals surface area contributed by atoms with Gasteiger partial charge < -0.3 is 15.3 Å². The summed E-state index contributed by atoms with van der Waals surface area (Å²) in [6, 6.07) is 3.24. The fourth-order valence-corrected chi connectivity index (χ4v) is 2.25. The molecule has 2 N–H and O–H groups in total. The Kier molecular flexibility index (Phi) is 4.17. The van der Waals surface area contributed by atoms with Crippen molar-refractivity contribution in [1.29, 1.82) is 0 Å². The van der Waals surface area contributed by atoms with Crippen molar-refractivity contribution in [2.45, 2.75) is 12.6 Å².